The molecule has 1 saturated heterocycles. The lowest BCUT2D eigenvalue weighted by Gasteiger charge is -2.20. The standard InChI is InChI=1S/C9H12ClN3OS/c10-7-4-12-9(13-5-7)15(14)8-2-1-3-11-6-8/h4-5,8,11H,1-3,6H2/t8-,15-/m1/s1. The smallest absolute Gasteiger partial charge is 0.218 e. The molecule has 1 fully saturated rings. The fourth-order valence-corrected chi connectivity index (χ4v) is 2.91. The Morgan fingerprint density at radius 2 is 2.20 bits per heavy atom. The number of halogens is 1. The molecule has 0 unspecified atom stereocenters. The highest BCUT2D eigenvalue weighted by atomic mass is 35.5. The highest BCUT2D eigenvalue weighted by molar-refractivity contribution is 7.85. The van der Waals surface area contributed by atoms with Crippen molar-refractivity contribution in [3.63, 3.8) is 0 Å². The van der Waals surface area contributed by atoms with Crippen LogP contribution in [0.1, 0.15) is 12.8 Å². The van der Waals surface area contributed by atoms with Gasteiger partial charge in [0.25, 0.3) is 0 Å². The van der Waals surface area contributed by atoms with E-state index < -0.39 is 10.8 Å². The van der Waals surface area contributed by atoms with Gasteiger partial charge < -0.3 is 5.32 Å². The van der Waals surface area contributed by atoms with Gasteiger partial charge in [0.05, 0.1) is 33.5 Å². The van der Waals surface area contributed by atoms with Gasteiger partial charge in [-0.15, -0.1) is 0 Å². The van der Waals surface area contributed by atoms with Crippen LogP contribution in [0.4, 0.5) is 0 Å². The van der Waals surface area contributed by atoms with Crippen LogP contribution < -0.4 is 5.32 Å². The quantitative estimate of drug-likeness (QED) is 0.790. The van der Waals surface area contributed by atoms with Crippen LogP contribution in [0.3, 0.4) is 0 Å². The van der Waals surface area contributed by atoms with Crippen molar-refractivity contribution < 1.29 is 4.21 Å². The Morgan fingerprint density at radius 1 is 1.47 bits per heavy atom. The Morgan fingerprint density at radius 3 is 2.80 bits per heavy atom. The predicted molar refractivity (Wildman–Crippen MR) is 59.3 cm³/mol. The van der Waals surface area contributed by atoms with Gasteiger partial charge in [-0.2, -0.15) is 0 Å². The first-order valence-electron chi connectivity index (χ1n) is 4.86. The van der Waals surface area contributed by atoms with E-state index in [1.165, 1.54) is 12.4 Å². The third kappa shape index (κ3) is 2.74. The third-order valence-electron chi connectivity index (χ3n) is 2.33. The van der Waals surface area contributed by atoms with E-state index in [0.29, 0.717) is 10.2 Å². The van der Waals surface area contributed by atoms with E-state index in [-0.39, 0.29) is 5.25 Å². The molecule has 0 saturated carbocycles. The summed E-state index contributed by atoms with van der Waals surface area (Å²) >= 11 is 5.67. The van der Waals surface area contributed by atoms with Crippen LogP contribution in [-0.2, 0) is 10.8 Å². The molecule has 15 heavy (non-hydrogen) atoms. The zero-order valence-corrected chi connectivity index (χ0v) is 9.72. The van der Waals surface area contributed by atoms with E-state index in [0.717, 1.165) is 25.9 Å². The molecular formula is C9H12ClN3OS. The number of hydrogen-bond acceptors (Lipinski definition) is 4. The second kappa shape index (κ2) is 5.01. The second-order valence-corrected chi connectivity index (χ2v) is 5.51. The Bertz CT molecular complexity index is 351. The maximum atomic E-state index is 12.0. The highest BCUT2D eigenvalue weighted by Gasteiger charge is 2.22. The van der Waals surface area contributed by atoms with Crippen LogP contribution in [0, 0.1) is 0 Å². The molecule has 1 N–H and O–H groups in total. The summed E-state index contributed by atoms with van der Waals surface area (Å²) in [6.07, 6.45) is 4.99. The third-order valence-corrected chi connectivity index (χ3v) is 4.10. The molecule has 0 bridgehead atoms. The van der Waals surface area contributed by atoms with E-state index >= 15 is 0 Å². The van der Waals surface area contributed by atoms with E-state index in [1.807, 2.05) is 0 Å². The number of aromatic nitrogens is 2. The average molecular weight is 246 g/mol. The van der Waals surface area contributed by atoms with Crippen molar-refractivity contribution in [2.75, 3.05) is 13.1 Å². The van der Waals surface area contributed by atoms with Crippen LogP contribution in [-0.4, -0.2) is 32.5 Å². The number of hydrogen-bond donors (Lipinski definition) is 1. The highest BCUT2D eigenvalue weighted by Crippen LogP contribution is 2.14. The lowest BCUT2D eigenvalue weighted by Crippen LogP contribution is -2.36. The molecule has 0 aliphatic carbocycles. The lowest BCUT2D eigenvalue weighted by molar-refractivity contribution is 0.518. The topological polar surface area (TPSA) is 54.9 Å². The maximum absolute atomic E-state index is 12.0. The van der Waals surface area contributed by atoms with Crippen molar-refractivity contribution in [3.8, 4) is 0 Å². The van der Waals surface area contributed by atoms with Crippen molar-refractivity contribution in [2.45, 2.75) is 23.2 Å². The van der Waals surface area contributed by atoms with E-state index in [4.69, 9.17) is 11.6 Å². The van der Waals surface area contributed by atoms with Crippen LogP contribution in [0.15, 0.2) is 17.6 Å². The van der Waals surface area contributed by atoms with Crippen molar-refractivity contribution >= 4 is 22.4 Å². The molecule has 1 aliphatic heterocycles. The first-order valence-corrected chi connectivity index (χ1v) is 6.45. The number of nitrogens with one attached hydrogen (secondary N) is 1. The molecule has 0 aromatic carbocycles. The molecule has 82 valence electrons. The van der Waals surface area contributed by atoms with Gasteiger partial charge in [-0.25, -0.2) is 9.97 Å². The SMILES string of the molecule is O=[S@@](c1ncc(Cl)cn1)[C@@H]1CCCNC1. The summed E-state index contributed by atoms with van der Waals surface area (Å²) in [7, 11) is -1.12. The zero-order chi connectivity index (χ0) is 10.7. The van der Waals surface area contributed by atoms with Gasteiger partial charge in [-0.05, 0) is 19.4 Å². The predicted octanol–water partition coefficient (Wildman–Crippen LogP) is 0.990. The minimum atomic E-state index is -1.12. The normalized spacial score (nSPS) is 23.7. The Labute approximate surface area is 95.9 Å². The number of nitrogens with zero attached hydrogens (tertiary/aromatic N) is 2. The van der Waals surface area contributed by atoms with Crippen LogP contribution in [0.2, 0.25) is 5.02 Å². The molecule has 4 nitrogen and oxygen atoms in total. The van der Waals surface area contributed by atoms with Crippen molar-refractivity contribution in [1.82, 2.24) is 15.3 Å². The lowest BCUT2D eigenvalue weighted by atomic mass is 10.2. The molecule has 1 aromatic rings. The summed E-state index contributed by atoms with van der Waals surface area (Å²) in [6.45, 7) is 1.79. The first-order chi connectivity index (χ1) is 7.27. The number of piperidine rings is 1. The number of rotatable bonds is 2. The second-order valence-electron chi connectivity index (χ2n) is 3.45. The Hall–Kier alpha value is -0.520. The summed E-state index contributed by atoms with van der Waals surface area (Å²) in [4.78, 5) is 7.96. The average Bonchev–Trinajstić information content (AvgIpc) is 2.30. The van der Waals surface area contributed by atoms with Crippen LogP contribution in [0.25, 0.3) is 0 Å². The summed E-state index contributed by atoms with van der Waals surface area (Å²) in [5, 5.41) is 4.20. The summed E-state index contributed by atoms with van der Waals surface area (Å²) in [6, 6.07) is 0. The molecule has 2 heterocycles. The van der Waals surface area contributed by atoms with Crippen LogP contribution in [0.5, 0.6) is 0 Å². The van der Waals surface area contributed by atoms with Gasteiger partial charge >= 0.3 is 0 Å². The largest absolute Gasteiger partial charge is 0.316 e. The molecule has 1 aromatic heterocycles. The van der Waals surface area contributed by atoms with Crippen molar-refractivity contribution in [1.29, 1.82) is 0 Å². The summed E-state index contributed by atoms with van der Waals surface area (Å²) < 4.78 is 12.0. The monoisotopic (exact) mass is 245 g/mol. The molecule has 2 atom stereocenters. The fourth-order valence-electron chi connectivity index (χ4n) is 1.56. The van der Waals surface area contributed by atoms with E-state index in [2.05, 4.69) is 15.3 Å². The molecule has 6 heteroatoms. The van der Waals surface area contributed by atoms with Gasteiger partial charge in [-0.3, -0.25) is 4.21 Å². The zero-order valence-electron chi connectivity index (χ0n) is 8.15. The molecule has 2 rings (SSSR count). The first kappa shape index (κ1) is 11.0. The maximum Gasteiger partial charge on any atom is 0.218 e. The fraction of sp³-hybridized carbons (Fsp3) is 0.556. The van der Waals surface area contributed by atoms with Gasteiger partial charge in [0, 0.05) is 6.54 Å². The van der Waals surface area contributed by atoms with Crippen molar-refractivity contribution in [3.05, 3.63) is 17.4 Å². The molecule has 0 radical (unpaired) electrons. The molecular weight excluding hydrogens is 234 g/mol. The van der Waals surface area contributed by atoms with Gasteiger partial charge in [-0.1, -0.05) is 11.6 Å². The summed E-state index contributed by atoms with van der Waals surface area (Å²) in [5.74, 6) is 0. The summed E-state index contributed by atoms with van der Waals surface area (Å²) in [5.41, 5.74) is 0. The molecule has 0 spiro atoms. The van der Waals surface area contributed by atoms with Gasteiger partial charge in [0.15, 0.2) is 0 Å². The van der Waals surface area contributed by atoms with E-state index in [9.17, 15) is 4.21 Å². The van der Waals surface area contributed by atoms with Gasteiger partial charge in [0.1, 0.15) is 0 Å². The van der Waals surface area contributed by atoms with Crippen LogP contribution >= 0.6 is 11.6 Å². The Balaban J connectivity index is 2.09. The van der Waals surface area contributed by atoms with Crippen molar-refractivity contribution in [2.24, 2.45) is 0 Å². The molecule has 0 amide bonds. The van der Waals surface area contributed by atoms with E-state index in [1.54, 1.807) is 0 Å². The minimum absolute atomic E-state index is 0.125. The minimum Gasteiger partial charge on any atom is -0.316 e. The van der Waals surface area contributed by atoms with Gasteiger partial charge in [0.2, 0.25) is 5.16 Å². The molecule has 1 aliphatic rings. The Kier molecular flexibility index (Phi) is 3.66.